The van der Waals surface area contributed by atoms with Gasteiger partial charge in [0.05, 0.1) is 13.0 Å². The predicted molar refractivity (Wildman–Crippen MR) is 54.0 cm³/mol. The second kappa shape index (κ2) is 4.96. The van der Waals surface area contributed by atoms with Crippen LogP contribution in [-0.2, 0) is 24.8 Å². The Kier molecular flexibility index (Phi) is 3.88. The SMILES string of the molecule is CCCCc1n(C)c(C)c[n+]1CC(=O)[O-]. The van der Waals surface area contributed by atoms with E-state index in [1.165, 1.54) is 0 Å². The number of rotatable bonds is 5. The van der Waals surface area contributed by atoms with Gasteiger partial charge in [0.1, 0.15) is 18.4 Å². The van der Waals surface area contributed by atoms with Crippen LogP contribution in [0.25, 0.3) is 0 Å². The number of aryl methyl sites for hydroxylation is 1. The number of carboxylic acid groups (broad SMARTS) is 1. The van der Waals surface area contributed by atoms with E-state index in [1.807, 2.05) is 24.7 Å². The topological polar surface area (TPSA) is 48.9 Å². The van der Waals surface area contributed by atoms with E-state index in [0.29, 0.717) is 0 Å². The van der Waals surface area contributed by atoms with Crippen molar-refractivity contribution in [1.29, 1.82) is 0 Å². The summed E-state index contributed by atoms with van der Waals surface area (Å²) >= 11 is 0. The van der Waals surface area contributed by atoms with Crippen LogP contribution in [0.2, 0.25) is 0 Å². The molecule has 4 nitrogen and oxygen atoms in total. The van der Waals surface area contributed by atoms with Crippen molar-refractivity contribution in [3.05, 3.63) is 17.7 Å². The molecule has 0 atom stereocenters. The fourth-order valence-corrected chi connectivity index (χ4v) is 1.71. The van der Waals surface area contributed by atoms with Crippen LogP contribution < -0.4 is 9.67 Å². The highest BCUT2D eigenvalue weighted by Gasteiger charge is 2.17. The van der Waals surface area contributed by atoms with Gasteiger partial charge in [-0.1, -0.05) is 13.3 Å². The summed E-state index contributed by atoms with van der Waals surface area (Å²) in [7, 11) is 1.96. The molecule has 0 saturated carbocycles. The maximum absolute atomic E-state index is 10.6. The van der Waals surface area contributed by atoms with Crippen molar-refractivity contribution < 1.29 is 14.5 Å². The van der Waals surface area contributed by atoms with E-state index >= 15 is 0 Å². The van der Waals surface area contributed by atoms with Crippen LogP contribution in [-0.4, -0.2) is 10.5 Å². The minimum Gasteiger partial charge on any atom is -0.546 e. The van der Waals surface area contributed by atoms with Crippen molar-refractivity contribution in [2.45, 2.75) is 39.7 Å². The summed E-state index contributed by atoms with van der Waals surface area (Å²) in [4.78, 5) is 10.6. The lowest BCUT2D eigenvalue weighted by molar-refractivity contribution is -0.697. The Balaban J connectivity index is 2.92. The molecule has 15 heavy (non-hydrogen) atoms. The summed E-state index contributed by atoms with van der Waals surface area (Å²) in [6.45, 7) is 4.04. The minimum atomic E-state index is -1.04. The van der Waals surface area contributed by atoms with Gasteiger partial charge in [-0.05, 0) is 6.42 Å². The van der Waals surface area contributed by atoms with Gasteiger partial charge in [-0.2, -0.15) is 0 Å². The quantitative estimate of drug-likeness (QED) is 0.627. The average Bonchev–Trinajstić information content (AvgIpc) is 2.40. The molecule has 0 N–H and O–H groups in total. The molecule has 0 unspecified atom stereocenters. The number of hydrogen-bond acceptors (Lipinski definition) is 2. The average molecular weight is 210 g/mol. The molecule has 0 bridgehead atoms. The zero-order chi connectivity index (χ0) is 11.4. The number of carbonyl (C=O) groups is 1. The summed E-state index contributed by atoms with van der Waals surface area (Å²) in [5, 5.41) is 10.6. The van der Waals surface area contributed by atoms with Crippen LogP contribution in [0, 0.1) is 6.92 Å². The third-order valence-electron chi connectivity index (χ3n) is 2.64. The third kappa shape index (κ3) is 2.81. The number of imidazole rings is 1. The molecule has 0 radical (unpaired) electrons. The fraction of sp³-hybridized carbons (Fsp3) is 0.636. The molecular weight excluding hydrogens is 192 g/mol. The lowest BCUT2D eigenvalue weighted by Gasteiger charge is -2.02. The van der Waals surface area contributed by atoms with Gasteiger partial charge in [0.15, 0.2) is 0 Å². The van der Waals surface area contributed by atoms with E-state index in [1.54, 1.807) is 4.57 Å². The number of hydrogen-bond donors (Lipinski definition) is 0. The Hall–Kier alpha value is -1.32. The first-order valence-corrected chi connectivity index (χ1v) is 5.30. The van der Waals surface area contributed by atoms with Gasteiger partial charge in [0.25, 0.3) is 5.82 Å². The molecule has 0 spiro atoms. The van der Waals surface area contributed by atoms with E-state index in [4.69, 9.17) is 0 Å². The number of carboxylic acids is 1. The number of aliphatic carboxylic acids is 1. The monoisotopic (exact) mass is 210 g/mol. The molecule has 1 aromatic heterocycles. The minimum absolute atomic E-state index is 0.0548. The molecule has 1 aromatic rings. The van der Waals surface area contributed by atoms with E-state index in [2.05, 4.69) is 6.92 Å². The lowest BCUT2D eigenvalue weighted by atomic mass is 10.2. The van der Waals surface area contributed by atoms with Gasteiger partial charge < -0.3 is 9.90 Å². The van der Waals surface area contributed by atoms with Gasteiger partial charge in [0.2, 0.25) is 0 Å². The fourth-order valence-electron chi connectivity index (χ4n) is 1.71. The molecule has 0 saturated heterocycles. The Morgan fingerprint density at radius 3 is 2.80 bits per heavy atom. The van der Waals surface area contributed by atoms with E-state index < -0.39 is 5.97 Å². The summed E-state index contributed by atoms with van der Waals surface area (Å²) < 4.78 is 3.80. The third-order valence-corrected chi connectivity index (χ3v) is 2.64. The van der Waals surface area contributed by atoms with Crippen molar-refractivity contribution in [3.8, 4) is 0 Å². The standard InChI is InChI=1S/C11H18N2O2/c1-4-5-6-10-12(3)9(2)7-13(10)8-11(14)15/h7H,4-6,8H2,1-3H3. The van der Waals surface area contributed by atoms with Crippen LogP contribution >= 0.6 is 0 Å². The van der Waals surface area contributed by atoms with E-state index in [9.17, 15) is 9.90 Å². The zero-order valence-corrected chi connectivity index (χ0v) is 9.62. The van der Waals surface area contributed by atoms with E-state index in [-0.39, 0.29) is 6.54 Å². The summed E-state index contributed by atoms with van der Waals surface area (Å²) in [6, 6.07) is 0. The second-order valence-corrected chi connectivity index (χ2v) is 3.85. The van der Waals surface area contributed by atoms with Crippen molar-refractivity contribution in [1.82, 2.24) is 4.57 Å². The van der Waals surface area contributed by atoms with Gasteiger partial charge in [-0.25, -0.2) is 9.13 Å². The van der Waals surface area contributed by atoms with Crippen LogP contribution in [0.4, 0.5) is 0 Å². The number of nitrogens with zero attached hydrogens (tertiary/aromatic N) is 2. The van der Waals surface area contributed by atoms with Crippen LogP contribution in [0.3, 0.4) is 0 Å². The lowest BCUT2D eigenvalue weighted by Crippen LogP contribution is -2.45. The molecular formula is C11H18N2O2. The van der Waals surface area contributed by atoms with Gasteiger partial charge in [-0.3, -0.25) is 0 Å². The molecule has 84 valence electrons. The van der Waals surface area contributed by atoms with Crippen molar-refractivity contribution in [2.75, 3.05) is 0 Å². The Bertz CT molecular complexity index is 356. The number of aromatic nitrogens is 2. The Labute approximate surface area is 90.2 Å². The van der Waals surface area contributed by atoms with Crippen molar-refractivity contribution in [2.24, 2.45) is 7.05 Å². The maximum Gasteiger partial charge on any atom is 0.256 e. The van der Waals surface area contributed by atoms with Crippen LogP contribution in [0.15, 0.2) is 6.20 Å². The molecule has 1 rings (SSSR count). The number of carbonyl (C=O) groups excluding carboxylic acids is 1. The normalized spacial score (nSPS) is 10.6. The molecule has 0 fully saturated rings. The first kappa shape index (κ1) is 11.8. The number of unbranched alkanes of at least 4 members (excludes halogenated alkanes) is 1. The Morgan fingerprint density at radius 1 is 1.60 bits per heavy atom. The second-order valence-electron chi connectivity index (χ2n) is 3.85. The summed E-state index contributed by atoms with van der Waals surface area (Å²) in [6.07, 6.45) is 4.95. The van der Waals surface area contributed by atoms with E-state index in [0.717, 1.165) is 30.8 Å². The molecule has 0 amide bonds. The highest BCUT2D eigenvalue weighted by Crippen LogP contribution is 2.04. The van der Waals surface area contributed by atoms with Crippen LogP contribution in [0.5, 0.6) is 0 Å². The van der Waals surface area contributed by atoms with Crippen molar-refractivity contribution >= 4 is 5.97 Å². The summed E-state index contributed by atoms with van der Waals surface area (Å²) in [5.74, 6) is 0.0156. The first-order chi connectivity index (χ1) is 7.06. The zero-order valence-electron chi connectivity index (χ0n) is 9.62. The first-order valence-electron chi connectivity index (χ1n) is 5.30. The van der Waals surface area contributed by atoms with Crippen LogP contribution in [0.1, 0.15) is 31.3 Å². The highest BCUT2D eigenvalue weighted by atomic mass is 16.4. The Morgan fingerprint density at radius 2 is 2.27 bits per heavy atom. The smallest absolute Gasteiger partial charge is 0.256 e. The highest BCUT2D eigenvalue weighted by molar-refractivity contribution is 5.62. The molecule has 4 heteroatoms. The maximum atomic E-state index is 10.6. The molecule has 0 aliphatic heterocycles. The largest absolute Gasteiger partial charge is 0.546 e. The van der Waals surface area contributed by atoms with Gasteiger partial charge >= 0.3 is 0 Å². The molecule has 0 aliphatic carbocycles. The molecule has 0 aliphatic rings. The molecule has 1 heterocycles. The van der Waals surface area contributed by atoms with Gasteiger partial charge in [0, 0.05) is 13.3 Å². The van der Waals surface area contributed by atoms with Gasteiger partial charge in [-0.15, -0.1) is 0 Å². The summed E-state index contributed by atoms with van der Waals surface area (Å²) in [5.41, 5.74) is 1.07. The molecule has 0 aromatic carbocycles. The predicted octanol–water partition coefficient (Wildman–Crippen LogP) is -0.286. The van der Waals surface area contributed by atoms with Crippen molar-refractivity contribution in [3.63, 3.8) is 0 Å².